The molecule has 0 spiro atoms. The van der Waals surface area contributed by atoms with E-state index in [1.54, 1.807) is 0 Å². The van der Waals surface area contributed by atoms with Crippen LogP contribution in [0.1, 0.15) is 66.7 Å². The number of likely N-dealkylation sites (tertiary alicyclic amines) is 1. The molecule has 2 aliphatic rings. The molecule has 2 saturated heterocycles. The van der Waals surface area contributed by atoms with Gasteiger partial charge >= 0.3 is 0 Å². The van der Waals surface area contributed by atoms with Crippen molar-refractivity contribution in [2.24, 2.45) is 11.8 Å². The number of piperazine rings is 1. The summed E-state index contributed by atoms with van der Waals surface area (Å²) in [6, 6.07) is -0.437. The molecular weight excluding hydrogens is 368 g/mol. The minimum Gasteiger partial charge on any atom is -0.353 e. The second-order valence-electron chi connectivity index (χ2n) is 9.33. The standard InChI is InChI=1S/C22H40N4O3/c1-6-20(27)24-17-7-10-25(11-8-17)22(29)19(14-16(4)5)26-12-9-23-18(21(26)28)13-15(2)3/h15-19,23H,6-14H2,1-5H3,(H,24,27)/t18-,19-/m0/s1. The van der Waals surface area contributed by atoms with E-state index in [1.807, 2.05) is 16.7 Å². The molecule has 29 heavy (non-hydrogen) atoms. The first-order chi connectivity index (χ1) is 13.7. The van der Waals surface area contributed by atoms with Gasteiger partial charge in [0, 0.05) is 38.6 Å². The Morgan fingerprint density at radius 2 is 1.76 bits per heavy atom. The summed E-state index contributed by atoms with van der Waals surface area (Å²) in [7, 11) is 0. The van der Waals surface area contributed by atoms with Gasteiger partial charge in [0.05, 0.1) is 6.04 Å². The normalized spacial score (nSPS) is 22.3. The number of carbonyl (C=O) groups excluding carboxylic acids is 3. The molecule has 0 bridgehead atoms. The summed E-state index contributed by atoms with van der Waals surface area (Å²) in [5.74, 6) is 0.950. The first kappa shape index (κ1) is 23.6. The molecule has 0 aromatic carbocycles. The Kier molecular flexibility index (Phi) is 8.93. The highest BCUT2D eigenvalue weighted by Crippen LogP contribution is 2.21. The average Bonchev–Trinajstić information content (AvgIpc) is 2.67. The topological polar surface area (TPSA) is 81.8 Å². The summed E-state index contributed by atoms with van der Waals surface area (Å²) in [5.41, 5.74) is 0. The number of nitrogens with one attached hydrogen (secondary N) is 2. The average molecular weight is 409 g/mol. The fraction of sp³-hybridized carbons (Fsp3) is 0.864. The van der Waals surface area contributed by atoms with Gasteiger partial charge in [-0.3, -0.25) is 14.4 Å². The Labute approximate surface area is 175 Å². The van der Waals surface area contributed by atoms with Crippen molar-refractivity contribution in [2.75, 3.05) is 26.2 Å². The molecule has 2 rings (SSSR count). The molecular formula is C22H40N4O3. The Morgan fingerprint density at radius 1 is 1.10 bits per heavy atom. The van der Waals surface area contributed by atoms with Crippen molar-refractivity contribution in [2.45, 2.75) is 84.8 Å². The van der Waals surface area contributed by atoms with Gasteiger partial charge in [-0.2, -0.15) is 0 Å². The Hall–Kier alpha value is -1.63. The smallest absolute Gasteiger partial charge is 0.245 e. The van der Waals surface area contributed by atoms with Crippen molar-refractivity contribution < 1.29 is 14.4 Å². The molecule has 0 radical (unpaired) electrons. The molecule has 0 unspecified atom stereocenters. The van der Waals surface area contributed by atoms with E-state index in [9.17, 15) is 14.4 Å². The van der Waals surface area contributed by atoms with Gasteiger partial charge in [0.2, 0.25) is 17.7 Å². The van der Waals surface area contributed by atoms with Crippen molar-refractivity contribution in [3.05, 3.63) is 0 Å². The minimum absolute atomic E-state index is 0.0639. The summed E-state index contributed by atoms with van der Waals surface area (Å²) in [6.45, 7) is 12.9. The molecule has 3 amide bonds. The molecule has 0 aromatic rings. The molecule has 0 aromatic heterocycles. The Balaban J connectivity index is 2.05. The number of nitrogens with zero attached hydrogens (tertiary/aromatic N) is 2. The van der Waals surface area contributed by atoms with Crippen molar-refractivity contribution in [3.63, 3.8) is 0 Å². The van der Waals surface area contributed by atoms with E-state index in [1.165, 1.54) is 0 Å². The first-order valence-corrected chi connectivity index (χ1v) is 11.3. The Morgan fingerprint density at radius 3 is 2.31 bits per heavy atom. The van der Waals surface area contributed by atoms with Crippen LogP contribution in [0.25, 0.3) is 0 Å². The number of amides is 3. The SMILES string of the molecule is CCC(=O)NC1CCN(C(=O)[C@H](CC(C)C)N2CCN[C@@H](CC(C)C)C2=O)CC1. The number of hydrogen-bond acceptors (Lipinski definition) is 4. The van der Waals surface area contributed by atoms with Crippen molar-refractivity contribution >= 4 is 17.7 Å². The number of piperidine rings is 1. The maximum absolute atomic E-state index is 13.4. The summed E-state index contributed by atoms with van der Waals surface area (Å²) in [5, 5.41) is 6.36. The molecule has 2 heterocycles. The van der Waals surface area contributed by atoms with E-state index >= 15 is 0 Å². The van der Waals surface area contributed by atoms with Gasteiger partial charge in [-0.05, 0) is 37.5 Å². The van der Waals surface area contributed by atoms with Crippen LogP contribution in [0.5, 0.6) is 0 Å². The number of hydrogen-bond donors (Lipinski definition) is 2. The summed E-state index contributed by atoms with van der Waals surface area (Å²) < 4.78 is 0. The van der Waals surface area contributed by atoms with Gasteiger partial charge in [-0.25, -0.2) is 0 Å². The van der Waals surface area contributed by atoms with Gasteiger partial charge in [-0.15, -0.1) is 0 Å². The van der Waals surface area contributed by atoms with E-state index in [-0.39, 0.29) is 35.8 Å². The van der Waals surface area contributed by atoms with Crippen LogP contribution in [0, 0.1) is 11.8 Å². The lowest BCUT2D eigenvalue weighted by atomic mass is 9.95. The van der Waals surface area contributed by atoms with E-state index in [0.717, 1.165) is 25.8 Å². The molecule has 2 fully saturated rings. The molecule has 7 nitrogen and oxygen atoms in total. The van der Waals surface area contributed by atoms with Crippen LogP contribution in [-0.4, -0.2) is 71.8 Å². The van der Waals surface area contributed by atoms with Gasteiger partial charge < -0.3 is 20.4 Å². The van der Waals surface area contributed by atoms with Crippen LogP contribution in [0.2, 0.25) is 0 Å². The lowest BCUT2D eigenvalue weighted by Crippen LogP contribution is -2.62. The monoisotopic (exact) mass is 408 g/mol. The van der Waals surface area contributed by atoms with Crippen molar-refractivity contribution in [3.8, 4) is 0 Å². The second-order valence-corrected chi connectivity index (χ2v) is 9.33. The zero-order valence-electron chi connectivity index (χ0n) is 18.9. The van der Waals surface area contributed by atoms with Crippen molar-refractivity contribution in [1.82, 2.24) is 20.4 Å². The van der Waals surface area contributed by atoms with E-state index in [0.29, 0.717) is 44.3 Å². The van der Waals surface area contributed by atoms with Crippen molar-refractivity contribution in [1.29, 1.82) is 0 Å². The quantitative estimate of drug-likeness (QED) is 0.641. The molecule has 2 N–H and O–H groups in total. The summed E-state index contributed by atoms with van der Waals surface area (Å²) in [6.07, 6.45) is 3.51. The molecule has 0 saturated carbocycles. The number of carbonyl (C=O) groups is 3. The second kappa shape index (κ2) is 11.0. The van der Waals surface area contributed by atoms with Crippen LogP contribution >= 0.6 is 0 Å². The summed E-state index contributed by atoms with van der Waals surface area (Å²) >= 11 is 0. The third-order valence-corrected chi connectivity index (χ3v) is 5.88. The molecule has 2 atom stereocenters. The fourth-order valence-corrected chi connectivity index (χ4v) is 4.31. The highest BCUT2D eigenvalue weighted by Gasteiger charge is 2.39. The van der Waals surface area contributed by atoms with Crippen LogP contribution in [0.15, 0.2) is 0 Å². The van der Waals surface area contributed by atoms with E-state index < -0.39 is 0 Å². The van der Waals surface area contributed by atoms with Crippen LogP contribution in [-0.2, 0) is 14.4 Å². The van der Waals surface area contributed by atoms with E-state index in [4.69, 9.17) is 0 Å². The maximum atomic E-state index is 13.4. The molecule has 166 valence electrons. The van der Waals surface area contributed by atoms with E-state index in [2.05, 4.69) is 38.3 Å². The third kappa shape index (κ3) is 6.69. The predicted molar refractivity (Wildman–Crippen MR) is 114 cm³/mol. The maximum Gasteiger partial charge on any atom is 0.245 e. The largest absolute Gasteiger partial charge is 0.353 e. The zero-order valence-corrected chi connectivity index (χ0v) is 18.9. The molecule has 0 aliphatic carbocycles. The van der Waals surface area contributed by atoms with Crippen LogP contribution in [0.4, 0.5) is 0 Å². The van der Waals surface area contributed by atoms with Crippen LogP contribution < -0.4 is 10.6 Å². The fourth-order valence-electron chi connectivity index (χ4n) is 4.31. The summed E-state index contributed by atoms with van der Waals surface area (Å²) in [4.78, 5) is 41.9. The Bertz CT molecular complexity index is 570. The number of rotatable bonds is 8. The lowest BCUT2D eigenvalue weighted by molar-refractivity contribution is -0.150. The van der Waals surface area contributed by atoms with Gasteiger partial charge in [0.25, 0.3) is 0 Å². The minimum atomic E-state index is -0.388. The first-order valence-electron chi connectivity index (χ1n) is 11.3. The lowest BCUT2D eigenvalue weighted by Gasteiger charge is -2.42. The zero-order chi connectivity index (χ0) is 21.6. The highest BCUT2D eigenvalue weighted by atomic mass is 16.2. The molecule has 7 heteroatoms. The van der Waals surface area contributed by atoms with Crippen LogP contribution in [0.3, 0.4) is 0 Å². The van der Waals surface area contributed by atoms with Gasteiger partial charge in [-0.1, -0.05) is 34.6 Å². The molecule has 2 aliphatic heterocycles. The highest BCUT2D eigenvalue weighted by molar-refractivity contribution is 5.90. The third-order valence-electron chi connectivity index (χ3n) is 5.88. The predicted octanol–water partition coefficient (Wildman–Crippen LogP) is 1.76. The van der Waals surface area contributed by atoms with Gasteiger partial charge in [0.15, 0.2) is 0 Å². The van der Waals surface area contributed by atoms with Gasteiger partial charge in [0.1, 0.15) is 6.04 Å².